The molecular formula is C15H23N5O2. The van der Waals surface area contributed by atoms with Crippen LogP contribution in [0.2, 0.25) is 0 Å². The Bertz CT molecular complexity index is 542. The Kier molecular flexibility index (Phi) is 4.15. The van der Waals surface area contributed by atoms with Crippen LogP contribution >= 0.6 is 0 Å². The number of aromatic nitrogens is 2. The molecule has 0 spiro atoms. The maximum Gasteiger partial charge on any atom is 0.240 e. The van der Waals surface area contributed by atoms with Gasteiger partial charge in [-0.25, -0.2) is 9.97 Å². The Labute approximate surface area is 130 Å². The molecule has 3 heterocycles. The van der Waals surface area contributed by atoms with E-state index in [1.54, 1.807) is 6.33 Å². The van der Waals surface area contributed by atoms with Crippen molar-refractivity contribution < 1.29 is 9.53 Å². The first kappa shape index (κ1) is 15.0. The number of amides is 1. The second kappa shape index (κ2) is 6.08. The second-order valence-electron chi connectivity index (χ2n) is 6.15. The fourth-order valence-electron chi connectivity index (χ4n) is 3.37. The Balaban J connectivity index is 1.82. The summed E-state index contributed by atoms with van der Waals surface area (Å²) in [5, 5.41) is 0. The highest BCUT2D eigenvalue weighted by molar-refractivity contribution is 5.84. The quantitative estimate of drug-likeness (QED) is 0.877. The summed E-state index contributed by atoms with van der Waals surface area (Å²) in [6.07, 6.45) is 3.66. The maximum atomic E-state index is 11.6. The lowest BCUT2D eigenvalue weighted by Gasteiger charge is -2.36. The normalized spacial score (nSPS) is 28.9. The van der Waals surface area contributed by atoms with E-state index in [4.69, 9.17) is 10.5 Å². The van der Waals surface area contributed by atoms with E-state index in [2.05, 4.69) is 28.7 Å². The van der Waals surface area contributed by atoms with Gasteiger partial charge in [0.05, 0.1) is 12.2 Å². The zero-order chi connectivity index (χ0) is 15.7. The molecule has 2 saturated heterocycles. The van der Waals surface area contributed by atoms with Crippen LogP contribution in [0.4, 0.5) is 11.6 Å². The number of nitrogens with two attached hydrogens (primary N) is 1. The van der Waals surface area contributed by atoms with Gasteiger partial charge in [0, 0.05) is 25.7 Å². The lowest BCUT2D eigenvalue weighted by molar-refractivity contribution is -0.119. The van der Waals surface area contributed by atoms with Gasteiger partial charge in [0.25, 0.3) is 0 Å². The minimum Gasteiger partial charge on any atom is -0.372 e. The van der Waals surface area contributed by atoms with Crippen LogP contribution in [0.3, 0.4) is 0 Å². The molecular weight excluding hydrogens is 282 g/mol. The molecule has 1 aromatic heterocycles. The molecule has 0 unspecified atom stereocenters. The highest BCUT2D eigenvalue weighted by Gasteiger charge is 2.31. The van der Waals surface area contributed by atoms with Crippen molar-refractivity contribution in [1.29, 1.82) is 0 Å². The van der Waals surface area contributed by atoms with Crippen LogP contribution < -0.4 is 15.5 Å². The molecule has 7 heteroatoms. The molecule has 7 nitrogen and oxygen atoms in total. The van der Waals surface area contributed by atoms with E-state index in [9.17, 15) is 4.79 Å². The molecule has 2 fully saturated rings. The third kappa shape index (κ3) is 2.99. The van der Waals surface area contributed by atoms with Gasteiger partial charge in [-0.3, -0.25) is 4.79 Å². The van der Waals surface area contributed by atoms with Gasteiger partial charge in [-0.05, 0) is 26.7 Å². The maximum absolute atomic E-state index is 11.6. The largest absolute Gasteiger partial charge is 0.372 e. The van der Waals surface area contributed by atoms with Gasteiger partial charge in [0.2, 0.25) is 5.91 Å². The summed E-state index contributed by atoms with van der Waals surface area (Å²) < 4.78 is 5.76. The average molecular weight is 305 g/mol. The molecule has 0 radical (unpaired) electrons. The summed E-state index contributed by atoms with van der Waals surface area (Å²) in [5.74, 6) is 1.37. The fourth-order valence-corrected chi connectivity index (χ4v) is 3.37. The number of anilines is 2. The van der Waals surface area contributed by atoms with Crippen molar-refractivity contribution in [3.63, 3.8) is 0 Å². The van der Waals surface area contributed by atoms with Gasteiger partial charge in [0.15, 0.2) is 0 Å². The van der Waals surface area contributed by atoms with Crippen LogP contribution in [0.5, 0.6) is 0 Å². The number of rotatable bonds is 3. The Hall–Kier alpha value is -1.89. The monoisotopic (exact) mass is 305 g/mol. The number of ether oxygens (including phenoxy) is 1. The standard InChI is InChI=1S/C15H23N5O2/c1-10-7-19(8-11(2)22-10)13-6-14(18-9-17-13)20-5-3-4-12(20)15(16)21/h6,9-12H,3-5,7-8H2,1-2H3,(H2,16,21)/t10-,11+,12-/m1/s1. The van der Waals surface area contributed by atoms with Crippen LogP contribution in [0.1, 0.15) is 26.7 Å². The number of carbonyl (C=O) groups is 1. The zero-order valence-corrected chi connectivity index (χ0v) is 13.1. The van der Waals surface area contributed by atoms with E-state index in [0.29, 0.717) is 0 Å². The van der Waals surface area contributed by atoms with Crippen LogP contribution in [0, 0.1) is 0 Å². The molecule has 0 aromatic carbocycles. The Morgan fingerprint density at radius 2 is 1.95 bits per heavy atom. The van der Waals surface area contributed by atoms with Gasteiger partial charge in [-0.15, -0.1) is 0 Å². The molecule has 120 valence electrons. The van der Waals surface area contributed by atoms with Crippen LogP contribution in [0.15, 0.2) is 12.4 Å². The number of primary amides is 1. The smallest absolute Gasteiger partial charge is 0.240 e. The number of carbonyl (C=O) groups excluding carboxylic acids is 1. The number of hydrogen-bond acceptors (Lipinski definition) is 6. The first-order valence-electron chi connectivity index (χ1n) is 7.83. The van der Waals surface area contributed by atoms with Gasteiger partial charge < -0.3 is 20.3 Å². The highest BCUT2D eigenvalue weighted by Crippen LogP contribution is 2.27. The van der Waals surface area contributed by atoms with E-state index in [1.807, 2.05) is 11.0 Å². The third-order valence-electron chi connectivity index (χ3n) is 4.26. The van der Waals surface area contributed by atoms with Crippen molar-refractivity contribution in [2.75, 3.05) is 29.4 Å². The fraction of sp³-hybridized carbons (Fsp3) is 0.667. The van der Waals surface area contributed by atoms with E-state index in [1.165, 1.54) is 0 Å². The number of morpholine rings is 1. The molecule has 0 aliphatic carbocycles. The Morgan fingerprint density at radius 1 is 1.27 bits per heavy atom. The van der Waals surface area contributed by atoms with Crippen LogP contribution in [0.25, 0.3) is 0 Å². The molecule has 0 saturated carbocycles. The molecule has 2 aliphatic heterocycles. The summed E-state index contributed by atoms with van der Waals surface area (Å²) in [4.78, 5) is 24.5. The third-order valence-corrected chi connectivity index (χ3v) is 4.26. The van der Waals surface area contributed by atoms with Crippen molar-refractivity contribution in [3.8, 4) is 0 Å². The van der Waals surface area contributed by atoms with Crippen LogP contribution in [-0.2, 0) is 9.53 Å². The highest BCUT2D eigenvalue weighted by atomic mass is 16.5. The van der Waals surface area contributed by atoms with E-state index < -0.39 is 0 Å². The summed E-state index contributed by atoms with van der Waals surface area (Å²) in [6.45, 7) is 6.54. The Morgan fingerprint density at radius 3 is 2.64 bits per heavy atom. The minimum atomic E-state index is -0.286. The molecule has 1 aromatic rings. The molecule has 1 amide bonds. The van der Waals surface area contributed by atoms with E-state index >= 15 is 0 Å². The molecule has 3 rings (SSSR count). The van der Waals surface area contributed by atoms with E-state index in [-0.39, 0.29) is 24.2 Å². The predicted octanol–water partition coefficient (Wildman–Crippen LogP) is 0.544. The summed E-state index contributed by atoms with van der Waals surface area (Å²) in [6, 6.07) is 1.69. The van der Waals surface area contributed by atoms with Crippen LogP contribution in [-0.4, -0.2) is 53.8 Å². The first-order valence-corrected chi connectivity index (χ1v) is 7.83. The number of nitrogens with zero attached hydrogens (tertiary/aromatic N) is 4. The topological polar surface area (TPSA) is 84.6 Å². The first-order chi connectivity index (χ1) is 10.5. The van der Waals surface area contributed by atoms with Crippen molar-refractivity contribution in [3.05, 3.63) is 12.4 Å². The SMILES string of the molecule is C[C@@H]1CN(c2cc(N3CCC[C@@H]3C(N)=O)ncn2)C[C@H](C)O1. The predicted molar refractivity (Wildman–Crippen MR) is 83.8 cm³/mol. The van der Waals surface area contributed by atoms with Crippen molar-refractivity contribution in [2.24, 2.45) is 5.73 Å². The van der Waals surface area contributed by atoms with Gasteiger partial charge in [-0.2, -0.15) is 0 Å². The zero-order valence-electron chi connectivity index (χ0n) is 13.1. The summed E-state index contributed by atoms with van der Waals surface area (Å²) in [5.41, 5.74) is 5.49. The molecule has 2 aliphatic rings. The summed E-state index contributed by atoms with van der Waals surface area (Å²) in [7, 11) is 0. The van der Waals surface area contributed by atoms with Crippen molar-refractivity contribution >= 4 is 17.5 Å². The lowest BCUT2D eigenvalue weighted by atomic mass is 10.2. The van der Waals surface area contributed by atoms with E-state index in [0.717, 1.165) is 44.1 Å². The van der Waals surface area contributed by atoms with Gasteiger partial charge in [0.1, 0.15) is 24.0 Å². The van der Waals surface area contributed by atoms with Crippen molar-refractivity contribution in [1.82, 2.24) is 9.97 Å². The average Bonchev–Trinajstić information content (AvgIpc) is 2.96. The van der Waals surface area contributed by atoms with Crippen molar-refractivity contribution in [2.45, 2.75) is 44.9 Å². The molecule has 3 atom stereocenters. The summed E-state index contributed by atoms with van der Waals surface area (Å²) >= 11 is 0. The number of hydrogen-bond donors (Lipinski definition) is 1. The minimum absolute atomic E-state index is 0.173. The molecule has 22 heavy (non-hydrogen) atoms. The van der Waals surface area contributed by atoms with Gasteiger partial charge >= 0.3 is 0 Å². The lowest BCUT2D eigenvalue weighted by Crippen LogP contribution is -2.46. The molecule has 2 N–H and O–H groups in total. The van der Waals surface area contributed by atoms with Gasteiger partial charge in [-0.1, -0.05) is 0 Å². The second-order valence-corrected chi connectivity index (χ2v) is 6.15. The molecule has 0 bridgehead atoms.